The highest BCUT2D eigenvalue weighted by Gasteiger charge is 2.41. The van der Waals surface area contributed by atoms with E-state index in [1.165, 1.54) is 6.33 Å². The maximum absolute atomic E-state index is 13.4. The smallest absolute Gasteiger partial charge is 0.240 e. The van der Waals surface area contributed by atoms with Crippen LogP contribution in [0.1, 0.15) is 36.4 Å². The fourth-order valence-electron chi connectivity index (χ4n) is 4.01. The third-order valence-electron chi connectivity index (χ3n) is 6.04. The molecule has 32 heavy (non-hydrogen) atoms. The second kappa shape index (κ2) is 10.3. The third-order valence-corrected chi connectivity index (χ3v) is 6.04. The van der Waals surface area contributed by atoms with Crippen LogP contribution in [0.4, 0.5) is 11.6 Å². The molecular weight excluding hydrogens is 410 g/mol. The van der Waals surface area contributed by atoms with Crippen LogP contribution in [0, 0.1) is 11.3 Å². The van der Waals surface area contributed by atoms with E-state index in [0.29, 0.717) is 38.2 Å². The zero-order valence-corrected chi connectivity index (χ0v) is 18.3. The molecule has 1 aromatic carbocycles. The predicted molar refractivity (Wildman–Crippen MR) is 120 cm³/mol. The Kier molecular flexibility index (Phi) is 7.45. The van der Waals surface area contributed by atoms with E-state index in [4.69, 9.17) is 10.5 Å². The Hall–Kier alpha value is -3.42. The highest BCUT2D eigenvalue weighted by atomic mass is 16.5. The summed E-state index contributed by atoms with van der Waals surface area (Å²) in [5.74, 6) is 1.23. The summed E-state index contributed by atoms with van der Waals surface area (Å²) in [6.45, 7) is 0.989. The normalized spacial score (nSPS) is 16.1. The molecule has 10 nitrogen and oxygen atoms in total. The van der Waals surface area contributed by atoms with Crippen LogP contribution >= 0.6 is 0 Å². The summed E-state index contributed by atoms with van der Waals surface area (Å²) in [5, 5.41) is 25.2. The lowest BCUT2D eigenvalue weighted by atomic mass is 9.85. The minimum absolute atomic E-state index is 0.0522. The van der Waals surface area contributed by atoms with Gasteiger partial charge in [0.25, 0.3) is 0 Å². The van der Waals surface area contributed by atoms with Gasteiger partial charge in [-0.15, -0.1) is 0 Å². The number of rotatable bonds is 8. The second-order valence-corrected chi connectivity index (χ2v) is 7.70. The van der Waals surface area contributed by atoms with Crippen molar-refractivity contribution in [2.75, 3.05) is 44.5 Å². The minimum atomic E-state index is -0.776. The molecule has 0 radical (unpaired) electrons. The SMILES string of the molecule is CNC1(C(=O)N[C@@H](CCO)c2ccc(OC)cc2)CCN(c2ncnc(N)c2C#N)CC1. The molecule has 1 aromatic heterocycles. The monoisotopic (exact) mass is 439 g/mol. The van der Waals surface area contributed by atoms with Crippen molar-refractivity contribution in [1.82, 2.24) is 20.6 Å². The molecule has 1 amide bonds. The second-order valence-electron chi connectivity index (χ2n) is 7.70. The number of nitrogens with zero attached hydrogens (tertiary/aromatic N) is 4. The van der Waals surface area contributed by atoms with E-state index in [9.17, 15) is 15.2 Å². The van der Waals surface area contributed by atoms with E-state index in [1.54, 1.807) is 14.2 Å². The van der Waals surface area contributed by atoms with Crippen LogP contribution in [0.25, 0.3) is 0 Å². The van der Waals surface area contributed by atoms with Crippen LogP contribution in [-0.4, -0.2) is 60.4 Å². The number of aliphatic hydroxyl groups excluding tert-OH is 1. The number of aromatic nitrogens is 2. The summed E-state index contributed by atoms with van der Waals surface area (Å²) in [4.78, 5) is 23.4. The van der Waals surface area contributed by atoms with Crippen LogP contribution in [0.2, 0.25) is 0 Å². The molecule has 5 N–H and O–H groups in total. The molecular formula is C22H29N7O3. The zero-order valence-electron chi connectivity index (χ0n) is 18.3. The average Bonchev–Trinajstić information content (AvgIpc) is 2.83. The minimum Gasteiger partial charge on any atom is -0.497 e. The first kappa shape index (κ1) is 23.2. The number of hydrogen-bond donors (Lipinski definition) is 4. The van der Waals surface area contributed by atoms with Crippen molar-refractivity contribution in [3.05, 3.63) is 41.7 Å². The zero-order chi connectivity index (χ0) is 23.1. The van der Waals surface area contributed by atoms with Crippen LogP contribution < -0.4 is 26.0 Å². The van der Waals surface area contributed by atoms with Gasteiger partial charge in [-0.05, 0) is 44.0 Å². The van der Waals surface area contributed by atoms with Gasteiger partial charge in [0.2, 0.25) is 5.91 Å². The van der Waals surface area contributed by atoms with Crippen LogP contribution in [0.3, 0.4) is 0 Å². The molecule has 0 saturated carbocycles. The van der Waals surface area contributed by atoms with Gasteiger partial charge >= 0.3 is 0 Å². The van der Waals surface area contributed by atoms with Crippen molar-refractivity contribution >= 4 is 17.5 Å². The standard InChI is InChI=1S/C22H29N7O3/c1-25-22(8-10-29(11-9-22)20-17(13-23)19(24)26-14-27-20)21(31)28-18(7-12-30)15-3-5-16(32-2)6-4-15/h3-6,14,18,25,30H,7-12H2,1-2H3,(H,28,31)(H2,24,26,27)/t18-/m0/s1. The summed E-state index contributed by atoms with van der Waals surface area (Å²) in [6, 6.07) is 9.18. The van der Waals surface area contributed by atoms with E-state index < -0.39 is 5.54 Å². The molecule has 170 valence electrons. The molecule has 0 aliphatic carbocycles. The number of amides is 1. The van der Waals surface area contributed by atoms with Gasteiger partial charge in [-0.2, -0.15) is 5.26 Å². The molecule has 1 atom stereocenters. The van der Waals surface area contributed by atoms with E-state index in [2.05, 4.69) is 26.7 Å². The molecule has 2 heterocycles. The topological polar surface area (TPSA) is 149 Å². The van der Waals surface area contributed by atoms with Gasteiger partial charge in [0.05, 0.1) is 13.2 Å². The van der Waals surface area contributed by atoms with Crippen molar-refractivity contribution in [3.63, 3.8) is 0 Å². The number of carbonyl (C=O) groups excluding carboxylic acids is 1. The lowest BCUT2D eigenvalue weighted by Gasteiger charge is -2.41. The number of piperidine rings is 1. The first-order chi connectivity index (χ1) is 15.5. The van der Waals surface area contributed by atoms with Gasteiger partial charge in [-0.25, -0.2) is 9.97 Å². The number of nitrogen functional groups attached to an aromatic ring is 1. The molecule has 1 fully saturated rings. The number of ether oxygens (including phenoxy) is 1. The Labute approximate surface area is 187 Å². The number of nitriles is 1. The number of anilines is 2. The van der Waals surface area contributed by atoms with E-state index >= 15 is 0 Å². The average molecular weight is 440 g/mol. The lowest BCUT2D eigenvalue weighted by Crippen LogP contribution is -2.61. The quantitative estimate of drug-likeness (QED) is 0.467. The summed E-state index contributed by atoms with van der Waals surface area (Å²) in [6.07, 6.45) is 2.76. The predicted octanol–water partition coefficient (Wildman–Crippen LogP) is 0.737. The van der Waals surface area contributed by atoms with Gasteiger partial charge in [0, 0.05) is 19.7 Å². The van der Waals surface area contributed by atoms with Crippen LogP contribution in [0.15, 0.2) is 30.6 Å². The van der Waals surface area contributed by atoms with E-state index in [-0.39, 0.29) is 29.9 Å². The Balaban J connectivity index is 1.73. The fourth-order valence-corrected chi connectivity index (χ4v) is 4.01. The molecule has 0 bridgehead atoms. The first-order valence-electron chi connectivity index (χ1n) is 10.5. The van der Waals surface area contributed by atoms with Crippen LogP contribution in [-0.2, 0) is 4.79 Å². The van der Waals surface area contributed by atoms with Gasteiger partial charge in [0.15, 0.2) is 5.82 Å². The first-order valence-corrected chi connectivity index (χ1v) is 10.5. The maximum Gasteiger partial charge on any atom is 0.240 e. The molecule has 10 heteroatoms. The summed E-state index contributed by atoms with van der Waals surface area (Å²) in [7, 11) is 3.37. The summed E-state index contributed by atoms with van der Waals surface area (Å²) >= 11 is 0. The van der Waals surface area contributed by atoms with Crippen molar-refractivity contribution < 1.29 is 14.6 Å². The number of likely N-dealkylation sites (N-methyl/N-ethyl adjacent to an activating group) is 1. The summed E-state index contributed by atoms with van der Waals surface area (Å²) < 4.78 is 5.20. The van der Waals surface area contributed by atoms with Crippen molar-refractivity contribution in [1.29, 1.82) is 5.26 Å². The Morgan fingerprint density at radius 1 is 1.34 bits per heavy atom. The van der Waals surface area contributed by atoms with Crippen LogP contribution in [0.5, 0.6) is 5.75 Å². The van der Waals surface area contributed by atoms with Gasteiger partial charge in [-0.1, -0.05) is 12.1 Å². The van der Waals surface area contributed by atoms with Crippen molar-refractivity contribution in [2.45, 2.75) is 30.8 Å². The number of methoxy groups -OCH3 is 1. The Bertz CT molecular complexity index is 966. The highest BCUT2D eigenvalue weighted by Crippen LogP contribution is 2.30. The molecule has 1 aliphatic heterocycles. The molecule has 3 rings (SSSR count). The maximum atomic E-state index is 13.4. The highest BCUT2D eigenvalue weighted by molar-refractivity contribution is 5.87. The number of nitrogens with two attached hydrogens (primary N) is 1. The number of hydrogen-bond acceptors (Lipinski definition) is 9. The fraction of sp³-hybridized carbons (Fsp3) is 0.455. The molecule has 1 saturated heterocycles. The van der Waals surface area contributed by atoms with Crippen molar-refractivity contribution in [2.24, 2.45) is 0 Å². The largest absolute Gasteiger partial charge is 0.497 e. The van der Waals surface area contributed by atoms with E-state index in [1.807, 2.05) is 29.2 Å². The number of carbonyl (C=O) groups is 1. The third kappa shape index (κ3) is 4.74. The van der Waals surface area contributed by atoms with Gasteiger partial charge < -0.3 is 31.1 Å². The molecule has 1 aliphatic rings. The lowest BCUT2D eigenvalue weighted by molar-refractivity contribution is -0.129. The Morgan fingerprint density at radius 3 is 2.59 bits per heavy atom. The number of benzene rings is 1. The number of nitrogens with one attached hydrogen (secondary N) is 2. The molecule has 0 unspecified atom stereocenters. The van der Waals surface area contributed by atoms with Gasteiger partial charge in [-0.3, -0.25) is 4.79 Å². The Morgan fingerprint density at radius 2 is 2.03 bits per heavy atom. The van der Waals surface area contributed by atoms with Crippen molar-refractivity contribution in [3.8, 4) is 11.8 Å². The van der Waals surface area contributed by atoms with Gasteiger partial charge in [0.1, 0.15) is 35.1 Å². The molecule has 2 aromatic rings. The summed E-state index contributed by atoms with van der Waals surface area (Å²) in [5.41, 5.74) is 6.18. The molecule has 0 spiro atoms. The van der Waals surface area contributed by atoms with E-state index in [0.717, 1.165) is 11.3 Å². The number of aliphatic hydroxyl groups is 1.